The lowest BCUT2D eigenvalue weighted by Crippen LogP contribution is -2.12. The summed E-state index contributed by atoms with van der Waals surface area (Å²) in [5.41, 5.74) is 4.40. The molecular weight excluding hydrogens is 491 g/mol. The van der Waals surface area contributed by atoms with Gasteiger partial charge in [0.25, 0.3) is 0 Å². The second-order valence-corrected chi connectivity index (χ2v) is 10.9. The summed E-state index contributed by atoms with van der Waals surface area (Å²) in [5.74, 6) is -0.00890. The Morgan fingerprint density at radius 2 is 1.92 bits per heavy atom. The monoisotopic (exact) mass is 516 g/mol. The van der Waals surface area contributed by atoms with Gasteiger partial charge in [-0.05, 0) is 53.8 Å². The highest BCUT2D eigenvalue weighted by Gasteiger charge is 2.21. The van der Waals surface area contributed by atoms with Gasteiger partial charge in [0, 0.05) is 40.8 Å². The lowest BCUT2D eigenvalue weighted by atomic mass is 9.91. The van der Waals surface area contributed by atoms with Gasteiger partial charge in [-0.1, -0.05) is 33.3 Å². The van der Waals surface area contributed by atoms with Crippen molar-refractivity contribution >= 4 is 43.1 Å². The second kappa shape index (κ2) is 9.12. The molecule has 0 aliphatic rings. The fourth-order valence-electron chi connectivity index (χ4n) is 4.93. The highest BCUT2D eigenvalue weighted by molar-refractivity contribution is 7.86. The third-order valence-corrected chi connectivity index (χ3v) is 7.56. The Labute approximate surface area is 213 Å². The number of halogens is 1. The summed E-state index contributed by atoms with van der Waals surface area (Å²) < 4.78 is 39.0. The molecule has 5 aromatic rings. The van der Waals surface area contributed by atoms with E-state index in [4.69, 9.17) is 0 Å². The fourth-order valence-corrected chi connectivity index (χ4v) is 5.38. The van der Waals surface area contributed by atoms with Crippen molar-refractivity contribution in [2.24, 2.45) is 0 Å². The maximum absolute atomic E-state index is 13.9. The molecule has 0 spiro atoms. The van der Waals surface area contributed by atoms with Crippen LogP contribution in [-0.4, -0.2) is 23.0 Å². The molecule has 3 heterocycles. The smallest absolute Gasteiger partial charge is 0.333 e. The summed E-state index contributed by atoms with van der Waals surface area (Å²) in [6.07, 6.45) is 4.28. The average Bonchev–Trinajstić information content (AvgIpc) is 3.26. The standard InChI is InChI=1S/C28H25FN4O3S/c1-4-5-8-33-25-12-22(18-10-19(15-31-14-18)37(29,35)36)21(16(2)3)11-23(25)27(34)26-20-7-6-17(13-30)9-24(20)32-28(26)33/h6-7,9-12,14-16,32H,4-5,8H2,1-3H3. The lowest BCUT2D eigenvalue weighted by molar-refractivity contribution is 0.551. The predicted octanol–water partition coefficient (Wildman–Crippen LogP) is 6.15. The molecule has 0 saturated carbocycles. The number of hydrogen-bond donors (Lipinski definition) is 1. The van der Waals surface area contributed by atoms with Crippen molar-refractivity contribution in [3.63, 3.8) is 0 Å². The Morgan fingerprint density at radius 1 is 1.14 bits per heavy atom. The van der Waals surface area contributed by atoms with Crippen LogP contribution in [0.2, 0.25) is 0 Å². The molecule has 1 N–H and O–H groups in total. The maximum atomic E-state index is 13.9. The highest BCUT2D eigenvalue weighted by atomic mass is 32.3. The summed E-state index contributed by atoms with van der Waals surface area (Å²) in [6.45, 7) is 6.69. The minimum absolute atomic E-state index is 0.00890. The first-order chi connectivity index (χ1) is 17.6. The van der Waals surface area contributed by atoms with Gasteiger partial charge in [0.15, 0.2) is 5.43 Å². The minimum Gasteiger partial charge on any atom is -0.340 e. The van der Waals surface area contributed by atoms with E-state index in [0.29, 0.717) is 50.7 Å². The quantitative estimate of drug-likeness (QED) is 0.272. The number of nitrogens with one attached hydrogen (secondary N) is 1. The number of unbranched alkanes of at least 4 members (excludes halogenated alkanes) is 1. The number of fused-ring (bicyclic) bond motifs is 4. The van der Waals surface area contributed by atoms with E-state index in [1.165, 1.54) is 12.3 Å². The fraction of sp³-hybridized carbons (Fsp3) is 0.250. The predicted molar refractivity (Wildman–Crippen MR) is 143 cm³/mol. The van der Waals surface area contributed by atoms with Gasteiger partial charge in [-0.25, -0.2) is 0 Å². The van der Waals surface area contributed by atoms with E-state index in [1.807, 2.05) is 26.0 Å². The number of H-pyrrole nitrogens is 1. The summed E-state index contributed by atoms with van der Waals surface area (Å²) >= 11 is 0. The number of aromatic nitrogens is 3. The molecule has 0 aliphatic carbocycles. The molecule has 7 nitrogen and oxygen atoms in total. The van der Waals surface area contributed by atoms with E-state index < -0.39 is 15.1 Å². The first kappa shape index (κ1) is 24.7. The van der Waals surface area contributed by atoms with Gasteiger partial charge in [-0.2, -0.15) is 13.7 Å². The van der Waals surface area contributed by atoms with Crippen LogP contribution in [0.25, 0.3) is 44.0 Å². The molecule has 9 heteroatoms. The molecular formula is C28H25FN4O3S. The van der Waals surface area contributed by atoms with Crippen molar-refractivity contribution in [3.05, 3.63) is 70.1 Å². The Bertz CT molecular complexity index is 1910. The van der Waals surface area contributed by atoms with E-state index >= 15 is 0 Å². The first-order valence-corrected chi connectivity index (χ1v) is 13.5. The van der Waals surface area contributed by atoms with Crippen LogP contribution in [0.15, 0.2) is 58.5 Å². The molecule has 37 heavy (non-hydrogen) atoms. The van der Waals surface area contributed by atoms with Crippen LogP contribution in [-0.2, 0) is 16.8 Å². The Morgan fingerprint density at radius 3 is 2.59 bits per heavy atom. The van der Waals surface area contributed by atoms with Gasteiger partial charge < -0.3 is 9.55 Å². The molecule has 2 aromatic carbocycles. The number of benzene rings is 2. The van der Waals surface area contributed by atoms with Crippen LogP contribution in [0, 0.1) is 11.3 Å². The number of nitriles is 1. The van der Waals surface area contributed by atoms with Crippen molar-refractivity contribution in [1.82, 2.24) is 14.5 Å². The zero-order valence-electron chi connectivity index (χ0n) is 20.7. The summed E-state index contributed by atoms with van der Waals surface area (Å²) in [4.78, 5) is 20.7. The second-order valence-electron chi connectivity index (χ2n) is 9.51. The number of rotatable bonds is 6. The van der Waals surface area contributed by atoms with E-state index in [1.54, 1.807) is 18.2 Å². The van der Waals surface area contributed by atoms with Crippen LogP contribution >= 0.6 is 0 Å². The summed E-state index contributed by atoms with van der Waals surface area (Å²) in [6, 6.07) is 12.4. The third-order valence-electron chi connectivity index (χ3n) is 6.77. The SMILES string of the molecule is CCCCn1c2cc(-c3cncc(S(=O)(=O)F)c3)c(C(C)C)cc2c(=O)c2c3ccc(C#N)cc3[nH]c21. The zero-order valence-corrected chi connectivity index (χ0v) is 21.5. The molecule has 0 aliphatic heterocycles. The van der Waals surface area contributed by atoms with E-state index in [0.717, 1.165) is 30.0 Å². The Balaban J connectivity index is 1.92. The zero-order chi connectivity index (χ0) is 26.5. The average molecular weight is 517 g/mol. The molecule has 188 valence electrons. The van der Waals surface area contributed by atoms with Crippen LogP contribution in [0.1, 0.15) is 50.7 Å². The van der Waals surface area contributed by atoms with Crippen LogP contribution in [0.3, 0.4) is 0 Å². The normalized spacial score (nSPS) is 12.1. The minimum atomic E-state index is -4.93. The Hall–Kier alpha value is -4.03. The van der Waals surface area contributed by atoms with Crippen molar-refractivity contribution in [2.75, 3.05) is 0 Å². The molecule has 0 saturated heterocycles. The van der Waals surface area contributed by atoms with Gasteiger partial charge in [-0.15, -0.1) is 3.89 Å². The lowest BCUT2D eigenvalue weighted by Gasteiger charge is -2.18. The van der Waals surface area contributed by atoms with Crippen molar-refractivity contribution in [1.29, 1.82) is 5.26 Å². The number of aryl methyl sites for hydroxylation is 1. The molecule has 0 amide bonds. The molecule has 0 bridgehead atoms. The van der Waals surface area contributed by atoms with Gasteiger partial charge in [0.2, 0.25) is 0 Å². The van der Waals surface area contributed by atoms with E-state index in [-0.39, 0.29) is 11.3 Å². The molecule has 3 aromatic heterocycles. The highest BCUT2D eigenvalue weighted by Crippen LogP contribution is 2.35. The van der Waals surface area contributed by atoms with Gasteiger partial charge in [0.05, 0.1) is 22.5 Å². The molecule has 5 rings (SSSR count). The molecule has 0 atom stereocenters. The molecule has 0 radical (unpaired) electrons. The third kappa shape index (κ3) is 4.17. The van der Waals surface area contributed by atoms with E-state index in [2.05, 4.69) is 27.5 Å². The van der Waals surface area contributed by atoms with Crippen LogP contribution in [0.5, 0.6) is 0 Å². The number of aromatic amines is 1. The van der Waals surface area contributed by atoms with Crippen molar-refractivity contribution in [2.45, 2.75) is 51.0 Å². The molecule has 0 fully saturated rings. The van der Waals surface area contributed by atoms with Gasteiger partial charge in [0.1, 0.15) is 10.5 Å². The largest absolute Gasteiger partial charge is 0.340 e. The van der Waals surface area contributed by atoms with E-state index in [9.17, 15) is 22.4 Å². The van der Waals surface area contributed by atoms with Crippen molar-refractivity contribution in [3.8, 4) is 17.2 Å². The number of hydrogen-bond acceptors (Lipinski definition) is 5. The van der Waals surface area contributed by atoms with Crippen molar-refractivity contribution < 1.29 is 12.3 Å². The topological polar surface area (TPSA) is 109 Å². The summed E-state index contributed by atoms with van der Waals surface area (Å²) in [5, 5.41) is 11.2. The maximum Gasteiger partial charge on any atom is 0.333 e. The Kier molecular flexibility index (Phi) is 6.08. The first-order valence-electron chi connectivity index (χ1n) is 12.1. The molecule has 0 unspecified atom stereocenters. The number of nitrogens with zero attached hydrogens (tertiary/aromatic N) is 3. The van der Waals surface area contributed by atoms with Crippen LogP contribution in [0.4, 0.5) is 3.89 Å². The summed E-state index contributed by atoms with van der Waals surface area (Å²) in [7, 11) is -4.93. The number of pyridine rings is 2. The van der Waals surface area contributed by atoms with Gasteiger partial charge >= 0.3 is 10.2 Å². The van der Waals surface area contributed by atoms with Gasteiger partial charge in [-0.3, -0.25) is 9.78 Å². The van der Waals surface area contributed by atoms with Crippen LogP contribution < -0.4 is 5.43 Å².